The lowest BCUT2D eigenvalue weighted by atomic mass is 10.0. The molecule has 4 rings (SSSR count). The normalized spacial score (nSPS) is 17.5. The van der Waals surface area contributed by atoms with E-state index in [4.69, 9.17) is 9.97 Å². The van der Waals surface area contributed by atoms with Crippen LogP contribution in [0.2, 0.25) is 0 Å². The molecule has 148 valence electrons. The van der Waals surface area contributed by atoms with Gasteiger partial charge in [-0.2, -0.15) is 0 Å². The number of nitrogens with zero attached hydrogens (tertiary/aromatic N) is 5. The maximum absolute atomic E-state index is 13.1. The van der Waals surface area contributed by atoms with Gasteiger partial charge in [-0.3, -0.25) is 4.79 Å². The average molecular weight is 380 g/mol. The van der Waals surface area contributed by atoms with Gasteiger partial charge in [0.05, 0.1) is 12.2 Å². The fraction of sp³-hybridized carbons (Fsp3) is 0.500. The lowest BCUT2D eigenvalue weighted by molar-refractivity contribution is 0.0732. The summed E-state index contributed by atoms with van der Waals surface area (Å²) in [6.07, 6.45) is 0.790. The molecule has 6 heteroatoms. The van der Waals surface area contributed by atoms with E-state index < -0.39 is 0 Å². The van der Waals surface area contributed by atoms with Gasteiger partial charge in [-0.05, 0) is 32.0 Å². The van der Waals surface area contributed by atoms with E-state index >= 15 is 0 Å². The van der Waals surface area contributed by atoms with Crippen LogP contribution in [0.5, 0.6) is 0 Å². The lowest BCUT2D eigenvalue weighted by Gasteiger charge is -2.37. The van der Waals surface area contributed by atoms with E-state index in [-0.39, 0.29) is 5.91 Å². The smallest absolute Gasteiger partial charge is 0.254 e. The number of likely N-dealkylation sites (N-methyl/N-ethyl adjacent to an activating group) is 1. The molecule has 1 saturated heterocycles. The van der Waals surface area contributed by atoms with Crippen molar-refractivity contribution in [1.29, 1.82) is 0 Å². The molecule has 0 radical (unpaired) electrons. The molecular formula is C22H29N5O. The molecule has 6 nitrogen and oxygen atoms in total. The molecular weight excluding hydrogens is 350 g/mol. The van der Waals surface area contributed by atoms with Gasteiger partial charge in [-0.25, -0.2) is 9.97 Å². The highest BCUT2D eigenvalue weighted by molar-refractivity contribution is 5.95. The van der Waals surface area contributed by atoms with Crippen LogP contribution in [0.1, 0.15) is 39.9 Å². The maximum Gasteiger partial charge on any atom is 0.254 e. The topological polar surface area (TPSA) is 52.6 Å². The van der Waals surface area contributed by atoms with Gasteiger partial charge in [-0.1, -0.05) is 25.1 Å². The molecule has 1 aromatic heterocycles. The molecule has 0 spiro atoms. The first-order valence-corrected chi connectivity index (χ1v) is 10.3. The molecule has 1 aromatic carbocycles. The van der Waals surface area contributed by atoms with E-state index in [1.54, 1.807) is 0 Å². The summed E-state index contributed by atoms with van der Waals surface area (Å²) in [5.41, 5.74) is 4.05. The van der Waals surface area contributed by atoms with E-state index in [0.29, 0.717) is 13.1 Å². The number of aryl methyl sites for hydroxylation is 2. The van der Waals surface area contributed by atoms with Crippen LogP contribution in [0.25, 0.3) is 0 Å². The number of anilines is 1. The fourth-order valence-electron chi connectivity index (χ4n) is 4.21. The molecule has 1 fully saturated rings. The first-order valence-electron chi connectivity index (χ1n) is 10.3. The summed E-state index contributed by atoms with van der Waals surface area (Å²) in [7, 11) is 0. The second-order valence-corrected chi connectivity index (χ2v) is 7.73. The minimum Gasteiger partial charge on any atom is -0.354 e. The Morgan fingerprint density at radius 1 is 1.04 bits per heavy atom. The minimum atomic E-state index is 0.103. The first kappa shape index (κ1) is 18.9. The molecule has 0 bridgehead atoms. The zero-order valence-electron chi connectivity index (χ0n) is 17.1. The largest absolute Gasteiger partial charge is 0.354 e. The second-order valence-electron chi connectivity index (χ2n) is 7.73. The molecule has 2 aromatic rings. The highest BCUT2D eigenvalue weighted by atomic mass is 16.2. The van der Waals surface area contributed by atoms with E-state index in [1.807, 2.05) is 43.0 Å². The number of carbonyl (C=O) groups excluding carboxylic acids is 1. The van der Waals surface area contributed by atoms with Crippen LogP contribution in [-0.2, 0) is 13.0 Å². The van der Waals surface area contributed by atoms with Crippen LogP contribution in [0.3, 0.4) is 0 Å². The Labute approximate surface area is 167 Å². The van der Waals surface area contributed by atoms with Crippen molar-refractivity contribution in [3.8, 4) is 0 Å². The Morgan fingerprint density at radius 3 is 2.50 bits per heavy atom. The molecule has 0 aliphatic carbocycles. The van der Waals surface area contributed by atoms with Crippen LogP contribution in [0.15, 0.2) is 24.3 Å². The van der Waals surface area contributed by atoms with Crippen LogP contribution < -0.4 is 4.90 Å². The minimum absolute atomic E-state index is 0.103. The molecule has 0 N–H and O–H groups in total. The summed E-state index contributed by atoms with van der Waals surface area (Å²) in [4.78, 5) is 29.4. The molecule has 0 unspecified atom stereocenters. The Hall–Kier alpha value is -2.47. The molecule has 3 heterocycles. The van der Waals surface area contributed by atoms with E-state index in [0.717, 1.165) is 73.2 Å². The summed E-state index contributed by atoms with van der Waals surface area (Å²) < 4.78 is 0. The third-order valence-electron chi connectivity index (χ3n) is 5.93. The third-order valence-corrected chi connectivity index (χ3v) is 5.93. The Morgan fingerprint density at radius 2 is 1.79 bits per heavy atom. The van der Waals surface area contributed by atoms with Gasteiger partial charge in [0, 0.05) is 50.3 Å². The van der Waals surface area contributed by atoms with Crippen molar-refractivity contribution >= 4 is 11.7 Å². The van der Waals surface area contributed by atoms with Gasteiger partial charge < -0.3 is 14.7 Å². The van der Waals surface area contributed by atoms with Crippen molar-refractivity contribution < 1.29 is 4.79 Å². The first-order chi connectivity index (χ1) is 13.6. The Balaban J connectivity index is 1.61. The van der Waals surface area contributed by atoms with Gasteiger partial charge >= 0.3 is 0 Å². The number of benzene rings is 1. The van der Waals surface area contributed by atoms with Crippen molar-refractivity contribution in [2.75, 3.05) is 44.2 Å². The Bertz CT molecular complexity index is 873. The predicted molar refractivity (Wildman–Crippen MR) is 111 cm³/mol. The van der Waals surface area contributed by atoms with Gasteiger partial charge in [0.15, 0.2) is 0 Å². The summed E-state index contributed by atoms with van der Waals surface area (Å²) in [6, 6.07) is 7.82. The molecule has 0 saturated carbocycles. The van der Waals surface area contributed by atoms with Crippen LogP contribution in [0.4, 0.5) is 5.82 Å². The van der Waals surface area contributed by atoms with E-state index in [2.05, 4.69) is 16.7 Å². The summed E-state index contributed by atoms with van der Waals surface area (Å²) in [5.74, 6) is 1.96. The number of aromatic nitrogens is 2. The number of piperazine rings is 1. The molecule has 0 atom stereocenters. The number of hydrogen-bond acceptors (Lipinski definition) is 5. The monoisotopic (exact) mass is 379 g/mol. The second kappa shape index (κ2) is 7.87. The quantitative estimate of drug-likeness (QED) is 0.820. The molecule has 2 aliphatic heterocycles. The van der Waals surface area contributed by atoms with E-state index in [9.17, 15) is 4.79 Å². The zero-order chi connectivity index (χ0) is 19.7. The van der Waals surface area contributed by atoms with E-state index in [1.165, 1.54) is 0 Å². The van der Waals surface area contributed by atoms with Crippen molar-refractivity contribution in [2.24, 2.45) is 0 Å². The number of rotatable bonds is 3. The number of amides is 1. The summed E-state index contributed by atoms with van der Waals surface area (Å²) >= 11 is 0. The Kier molecular flexibility index (Phi) is 5.31. The number of fused-ring (bicyclic) bond motifs is 1. The van der Waals surface area contributed by atoms with Gasteiger partial charge in [-0.15, -0.1) is 0 Å². The van der Waals surface area contributed by atoms with Crippen molar-refractivity contribution in [3.05, 3.63) is 52.5 Å². The predicted octanol–water partition coefficient (Wildman–Crippen LogP) is 2.43. The lowest BCUT2D eigenvalue weighted by Crippen LogP contribution is -2.47. The SMILES string of the molecule is CCN1CCN(c2nc(C)nc3c2CN(C(=O)c2ccccc2C)CC3)CC1. The standard InChI is InChI=1S/C22H29N5O/c1-4-25-11-13-26(14-12-25)21-19-15-27(10-9-20(19)23-17(3)24-21)22(28)18-8-6-5-7-16(18)2/h5-8H,4,9-15H2,1-3H3. The van der Waals surface area contributed by atoms with Gasteiger partial charge in [0.1, 0.15) is 11.6 Å². The van der Waals surface area contributed by atoms with Crippen molar-refractivity contribution in [2.45, 2.75) is 33.7 Å². The third kappa shape index (κ3) is 3.61. The fourth-order valence-corrected chi connectivity index (χ4v) is 4.21. The number of hydrogen-bond donors (Lipinski definition) is 0. The number of carbonyl (C=O) groups is 1. The summed E-state index contributed by atoms with van der Waals surface area (Å²) in [5, 5.41) is 0. The molecule has 28 heavy (non-hydrogen) atoms. The maximum atomic E-state index is 13.1. The molecule has 1 amide bonds. The van der Waals surface area contributed by atoms with Crippen molar-refractivity contribution in [3.63, 3.8) is 0 Å². The molecule has 2 aliphatic rings. The zero-order valence-corrected chi connectivity index (χ0v) is 17.1. The van der Waals surface area contributed by atoms with Gasteiger partial charge in [0.25, 0.3) is 5.91 Å². The van der Waals surface area contributed by atoms with Gasteiger partial charge in [0.2, 0.25) is 0 Å². The van der Waals surface area contributed by atoms with Crippen LogP contribution >= 0.6 is 0 Å². The van der Waals surface area contributed by atoms with Crippen molar-refractivity contribution in [1.82, 2.24) is 19.8 Å². The highest BCUT2D eigenvalue weighted by Crippen LogP contribution is 2.28. The van der Waals surface area contributed by atoms with Crippen LogP contribution in [-0.4, -0.2) is 64.9 Å². The average Bonchev–Trinajstić information content (AvgIpc) is 2.73. The highest BCUT2D eigenvalue weighted by Gasteiger charge is 2.29. The summed E-state index contributed by atoms with van der Waals surface area (Å²) in [6.45, 7) is 12.6. The van der Waals surface area contributed by atoms with Crippen LogP contribution in [0, 0.1) is 13.8 Å².